The van der Waals surface area contributed by atoms with Gasteiger partial charge in [-0.3, -0.25) is 9.80 Å². The van der Waals surface area contributed by atoms with E-state index in [4.69, 9.17) is 16.7 Å². The average Bonchev–Trinajstić information content (AvgIpc) is 2.96. The van der Waals surface area contributed by atoms with Gasteiger partial charge in [0, 0.05) is 62.4 Å². The first-order chi connectivity index (χ1) is 18.9. The van der Waals surface area contributed by atoms with Gasteiger partial charge in [0.15, 0.2) is 0 Å². The molecule has 2 heterocycles. The second-order valence-electron chi connectivity index (χ2n) is 9.48. The molecule has 8 nitrogen and oxygen atoms in total. The van der Waals surface area contributed by atoms with E-state index in [1.54, 1.807) is 30.6 Å². The Hall–Kier alpha value is -3.34. The first-order valence-corrected chi connectivity index (χ1v) is 14.8. The van der Waals surface area contributed by atoms with Crippen LogP contribution in [0.1, 0.15) is 17.2 Å². The van der Waals surface area contributed by atoms with Gasteiger partial charge in [0.25, 0.3) is 0 Å². The van der Waals surface area contributed by atoms with Crippen LogP contribution in [0.15, 0.2) is 102 Å². The van der Waals surface area contributed by atoms with Crippen molar-refractivity contribution in [2.75, 3.05) is 44.2 Å². The Balaban J connectivity index is 1.28. The number of anilines is 2. The number of nitrogens with zero attached hydrogens (tertiary/aromatic N) is 5. The van der Waals surface area contributed by atoms with Crippen molar-refractivity contribution >= 4 is 33.3 Å². The average molecular weight is 563 g/mol. The van der Waals surface area contributed by atoms with Crippen LogP contribution in [0.5, 0.6) is 0 Å². The molecule has 0 aliphatic carbocycles. The molecule has 4 aromatic rings. The summed E-state index contributed by atoms with van der Waals surface area (Å²) in [6, 6.07) is 27.2. The van der Waals surface area contributed by atoms with Gasteiger partial charge in [-0.15, -0.1) is 0 Å². The molecule has 0 unspecified atom stereocenters. The summed E-state index contributed by atoms with van der Waals surface area (Å²) in [5, 5.41) is 6.02. The Bertz CT molecular complexity index is 1450. The number of primary sulfonamides is 1. The van der Waals surface area contributed by atoms with Crippen molar-refractivity contribution in [1.29, 1.82) is 0 Å². The third-order valence-corrected chi connectivity index (χ3v) is 8.16. The predicted octanol–water partition coefficient (Wildman–Crippen LogP) is 4.32. The highest BCUT2D eigenvalue weighted by molar-refractivity contribution is 7.89. The molecular formula is C29H31ClN6O2S. The summed E-state index contributed by atoms with van der Waals surface area (Å²) in [5.74, 6) is 0.561. The topological polar surface area (TPSA) is 95.7 Å². The summed E-state index contributed by atoms with van der Waals surface area (Å²) in [6.45, 7) is 5.15. The SMILES string of the molecule is NS(=O)(=O)c1ccc(N(CCN2CCN([C@H](c3ccccc3)c3ccc(Cl)cc3)CC2)c2ncccn2)cc1. The Morgan fingerprint density at radius 1 is 0.821 bits per heavy atom. The maximum atomic E-state index is 11.7. The minimum absolute atomic E-state index is 0.0740. The van der Waals surface area contributed by atoms with Crippen molar-refractivity contribution in [3.63, 3.8) is 0 Å². The highest BCUT2D eigenvalue weighted by Crippen LogP contribution is 2.30. The molecule has 3 aromatic carbocycles. The minimum atomic E-state index is -3.76. The third kappa shape index (κ3) is 6.81. The van der Waals surface area contributed by atoms with Crippen molar-refractivity contribution < 1.29 is 8.42 Å². The van der Waals surface area contributed by atoms with Crippen molar-refractivity contribution in [1.82, 2.24) is 19.8 Å². The van der Waals surface area contributed by atoms with E-state index in [1.807, 2.05) is 23.1 Å². The summed E-state index contributed by atoms with van der Waals surface area (Å²) >= 11 is 6.18. The molecule has 10 heteroatoms. The molecule has 39 heavy (non-hydrogen) atoms. The van der Waals surface area contributed by atoms with Crippen molar-refractivity contribution in [2.45, 2.75) is 10.9 Å². The number of benzene rings is 3. The molecular weight excluding hydrogens is 532 g/mol. The second-order valence-corrected chi connectivity index (χ2v) is 11.5. The lowest BCUT2D eigenvalue weighted by atomic mass is 9.96. The van der Waals surface area contributed by atoms with Gasteiger partial charge in [0.2, 0.25) is 16.0 Å². The number of nitrogens with two attached hydrogens (primary N) is 1. The molecule has 1 aromatic heterocycles. The third-order valence-electron chi connectivity index (χ3n) is 6.98. The zero-order valence-electron chi connectivity index (χ0n) is 21.5. The molecule has 2 N–H and O–H groups in total. The summed E-state index contributed by atoms with van der Waals surface area (Å²) < 4.78 is 23.4. The van der Waals surface area contributed by atoms with Gasteiger partial charge in [-0.2, -0.15) is 0 Å². The zero-order valence-corrected chi connectivity index (χ0v) is 23.0. The molecule has 1 fully saturated rings. The van der Waals surface area contributed by atoms with Gasteiger partial charge in [0.05, 0.1) is 10.9 Å². The van der Waals surface area contributed by atoms with Crippen LogP contribution in [-0.4, -0.2) is 67.5 Å². The van der Waals surface area contributed by atoms with Crippen molar-refractivity contribution in [2.24, 2.45) is 5.14 Å². The molecule has 1 aliphatic rings. The van der Waals surface area contributed by atoms with E-state index in [9.17, 15) is 8.42 Å². The molecule has 0 bridgehead atoms. The molecule has 0 saturated carbocycles. The van der Waals surface area contributed by atoms with Crippen LogP contribution >= 0.6 is 11.6 Å². The van der Waals surface area contributed by atoms with Gasteiger partial charge >= 0.3 is 0 Å². The van der Waals surface area contributed by atoms with Crippen LogP contribution in [0, 0.1) is 0 Å². The van der Waals surface area contributed by atoms with E-state index in [2.05, 4.69) is 56.2 Å². The Morgan fingerprint density at radius 3 is 2.05 bits per heavy atom. The summed E-state index contributed by atoms with van der Waals surface area (Å²) in [4.78, 5) is 15.9. The van der Waals surface area contributed by atoms with E-state index in [-0.39, 0.29) is 10.9 Å². The molecule has 1 aliphatic heterocycles. The number of hydrogen-bond acceptors (Lipinski definition) is 7. The number of sulfonamides is 1. The van der Waals surface area contributed by atoms with E-state index < -0.39 is 10.0 Å². The van der Waals surface area contributed by atoms with Crippen LogP contribution in [0.3, 0.4) is 0 Å². The quantitative estimate of drug-likeness (QED) is 0.324. The van der Waals surface area contributed by atoms with Gasteiger partial charge in [-0.25, -0.2) is 23.5 Å². The number of rotatable bonds is 9. The molecule has 0 amide bonds. The van der Waals surface area contributed by atoms with Crippen LogP contribution in [-0.2, 0) is 10.0 Å². The lowest BCUT2D eigenvalue weighted by molar-refractivity contribution is 0.111. The summed E-state index contributed by atoms with van der Waals surface area (Å²) in [7, 11) is -3.76. The van der Waals surface area contributed by atoms with Gasteiger partial charge < -0.3 is 4.90 Å². The van der Waals surface area contributed by atoms with Gasteiger partial charge in [0.1, 0.15) is 0 Å². The second kappa shape index (κ2) is 12.2. The minimum Gasteiger partial charge on any atom is -0.309 e. The van der Waals surface area contributed by atoms with E-state index in [0.29, 0.717) is 12.5 Å². The van der Waals surface area contributed by atoms with Crippen LogP contribution < -0.4 is 10.0 Å². The lowest BCUT2D eigenvalue weighted by Crippen LogP contribution is -2.49. The highest BCUT2D eigenvalue weighted by atomic mass is 35.5. The summed E-state index contributed by atoms with van der Waals surface area (Å²) in [5.41, 5.74) is 3.30. The number of hydrogen-bond donors (Lipinski definition) is 1. The van der Waals surface area contributed by atoms with Gasteiger partial charge in [-0.05, 0) is 53.6 Å². The maximum absolute atomic E-state index is 11.7. The van der Waals surface area contributed by atoms with Crippen LogP contribution in [0.4, 0.5) is 11.6 Å². The summed E-state index contributed by atoms with van der Waals surface area (Å²) in [6.07, 6.45) is 3.40. The molecule has 1 saturated heterocycles. The lowest BCUT2D eigenvalue weighted by Gasteiger charge is -2.40. The standard InChI is InChI=1S/C29H31ClN6O2S/c30-25-9-7-24(8-10-25)28(23-5-2-1-3-6-23)35-20-17-34(18-21-35)19-22-36(29-32-15-4-16-33-29)26-11-13-27(14-12-26)39(31,37)38/h1-16,28H,17-22H2,(H2,31,37,38)/t28-/m1/s1. The Morgan fingerprint density at radius 2 is 1.44 bits per heavy atom. The van der Waals surface area contributed by atoms with E-state index in [0.717, 1.165) is 43.4 Å². The van der Waals surface area contributed by atoms with Crippen LogP contribution in [0.2, 0.25) is 5.02 Å². The first-order valence-electron chi connectivity index (χ1n) is 12.8. The monoisotopic (exact) mass is 562 g/mol. The molecule has 202 valence electrons. The zero-order chi connectivity index (χ0) is 27.2. The van der Waals surface area contributed by atoms with E-state index >= 15 is 0 Å². The number of piperazine rings is 1. The fourth-order valence-corrected chi connectivity index (χ4v) is 5.61. The molecule has 0 radical (unpaired) electrons. The smallest absolute Gasteiger partial charge is 0.238 e. The number of halogens is 1. The first kappa shape index (κ1) is 27.2. The highest BCUT2D eigenvalue weighted by Gasteiger charge is 2.27. The fourth-order valence-electron chi connectivity index (χ4n) is 4.97. The maximum Gasteiger partial charge on any atom is 0.238 e. The largest absolute Gasteiger partial charge is 0.309 e. The van der Waals surface area contributed by atoms with Crippen LogP contribution in [0.25, 0.3) is 0 Å². The number of aromatic nitrogens is 2. The molecule has 0 spiro atoms. The normalized spacial score (nSPS) is 15.6. The molecule has 5 rings (SSSR count). The van der Waals surface area contributed by atoms with Gasteiger partial charge in [-0.1, -0.05) is 54.1 Å². The van der Waals surface area contributed by atoms with Crippen molar-refractivity contribution in [3.8, 4) is 0 Å². The van der Waals surface area contributed by atoms with E-state index in [1.165, 1.54) is 23.3 Å². The predicted molar refractivity (Wildman–Crippen MR) is 155 cm³/mol. The Kier molecular flexibility index (Phi) is 8.54. The van der Waals surface area contributed by atoms with Crippen molar-refractivity contribution in [3.05, 3.63) is 113 Å². The Labute approximate surface area is 234 Å². The molecule has 1 atom stereocenters. The fraction of sp³-hybridized carbons (Fsp3) is 0.241.